The topological polar surface area (TPSA) is 40.5 Å². The molecule has 0 radical (unpaired) electrons. The van der Waals surface area contributed by atoms with E-state index in [4.69, 9.17) is 44.9 Å². The number of hydrogen-bond donors (Lipinski definition) is 2. The van der Waals surface area contributed by atoms with Gasteiger partial charge in [0, 0.05) is 32.6 Å². The fourth-order valence-electron chi connectivity index (χ4n) is 3.34. The van der Waals surface area contributed by atoms with E-state index in [1.54, 1.807) is 18.2 Å². The van der Waals surface area contributed by atoms with Crippen molar-refractivity contribution in [3.05, 3.63) is 152 Å². The summed E-state index contributed by atoms with van der Waals surface area (Å²) in [6.45, 7) is 3.99. The first-order chi connectivity index (χ1) is 19.9. The molecule has 5 aromatic carbocycles. The van der Waals surface area contributed by atoms with Crippen LogP contribution in [0.5, 0.6) is 0 Å². The summed E-state index contributed by atoms with van der Waals surface area (Å²) in [6.07, 6.45) is 0. The molecule has 0 unspecified atom stereocenters. The van der Waals surface area contributed by atoms with Crippen LogP contribution >= 0.6 is 105 Å². The molecule has 0 aromatic heterocycles. The fraction of sp³-hybridized carbons (Fsp3) is 0.0625. The Balaban J connectivity index is 0.000000203. The predicted molar refractivity (Wildman–Crippen MR) is 201 cm³/mol. The maximum atomic E-state index is 8.70. The first-order valence-corrected chi connectivity index (χ1v) is 16.9. The van der Waals surface area contributed by atoms with Crippen LogP contribution < -0.4 is 5.46 Å². The highest BCUT2D eigenvalue weighted by molar-refractivity contribution is 14.1. The Kier molecular flexibility index (Phi) is 17.3. The van der Waals surface area contributed by atoms with Crippen LogP contribution in [-0.2, 0) is 0 Å². The zero-order valence-corrected chi connectivity index (χ0v) is 31.7. The summed E-state index contributed by atoms with van der Waals surface area (Å²) in [5.74, 6) is 0. The fourth-order valence-corrected chi connectivity index (χ4v) is 6.07. The summed E-state index contributed by atoms with van der Waals surface area (Å²) in [6, 6.07) is 34.6. The molecule has 0 aliphatic carbocycles. The van der Waals surface area contributed by atoms with Gasteiger partial charge in [0.1, 0.15) is 0 Å². The van der Waals surface area contributed by atoms with Gasteiger partial charge in [-0.15, -0.1) is 0 Å². The molecule has 5 aromatic rings. The lowest BCUT2D eigenvalue weighted by Gasteiger charge is -2.07. The van der Waals surface area contributed by atoms with Crippen molar-refractivity contribution in [2.24, 2.45) is 0 Å². The number of aryl methyl sites for hydroxylation is 2. The molecule has 218 valence electrons. The normalized spacial score (nSPS) is 9.79. The van der Waals surface area contributed by atoms with Gasteiger partial charge in [0.15, 0.2) is 0 Å². The zero-order chi connectivity index (χ0) is 31.2. The highest BCUT2D eigenvalue weighted by atomic mass is 127. The third-order valence-corrected chi connectivity index (χ3v) is 10.2. The lowest BCUT2D eigenvalue weighted by atomic mass is 9.80. The minimum Gasteiger partial charge on any atom is -0.423 e. The van der Waals surface area contributed by atoms with E-state index in [0.29, 0.717) is 5.46 Å². The lowest BCUT2D eigenvalue weighted by molar-refractivity contribution is 0.425. The second-order valence-corrected chi connectivity index (χ2v) is 13.7. The Bertz CT molecular complexity index is 1530. The molecule has 0 amide bonds. The average Bonchev–Trinajstić information content (AvgIpc) is 2.93. The summed E-state index contributed by atoms with van der Waals surface area (Å²) >= 11 is 29.9. The Morgan fingerprint density at radius 1 is 0.619 bits per heavy atom. The summed E-state index contributed by atoms with van der Waals surface area (Å²) in [5.41, 5.74) is 5.01. The van der Waals surface area contributed by atoms with Gasteiger partial charge in [0.05, 0.1) is 5.02 Å². The van der Waals surface area contributed by atoms with Gasteiger partial charge in [-0.2, -0.15) is 0 Å². The van der Waals surface area contributed by atoms with Crippen molar-refractivity contribution in [2.75, 3.05) is 0 Å². The molecule has 0 aliphatic heterocycles. The number of rotatable bonds is 2. The van der Waals surface area contributed by atoms with Gasteiger partial charge >= 0.3 is 7.12 Å². The van der Waals surface area contributed by atoms with Crippen LogP contribution in [0.15, 0.2) is 123 Å². The number of benzene rings is 5. The van der Waals surface area contributed by atoms with Gasteiger partial charge in [0.2, 0.25) is 0 Å². The zero-order valence-electron chi connectivity index (χ0n) is 22.5. The van der Waals surface area contributed by atoms with Crippen molar-refractivity contribution < 1.29 is 10.0 Å². The summed E-state index contributed by atoms with van der Waals surface area (Å²) < 4.78 is 4.16. The molecule has 0 saturated carbocycles. The molecule has 0 heterocycles. The van der Waals surface area contributed by atoms with Crippen molar-refractivity contribution in [3.63, 3.8) is 0 Å². The van der Waals surface area contributed by atoms with Gasteiger partial charge < -0.3 is 10.0 Å². The molecule has 0 saturated heterocycles. The van der Waals surface area contributed by atoms with Crippen LogP contribution in [-0.4, -0.2) is 17.2 Å². The van der Waals surface area contributed by atoms with E-state index in [0.717, 1.165) is 48.7 Å². The van der Waals surface area contributed by atoms with Crippen molar-refractivity contribution in [3.8, 4) is 11.1 Å². The molecule has 0 bridgehead atoms. The summed E-state index contributed by atoms with van der Waals surface area (Å²) in [5, 5.41) is 19.7. The molecule has 42 heavy (non-hydrogen) atoms. The van der Waals surface area contributed by atoms with E-state index >= 15 is 0 Å². The van der Waals surface area contributed by atoms with E-state index in [-0.39, 0.29) is 0 Å². The van der Waals surface area contributed by atoms with Crippen molar-refractivity contribution in [1.29, 1.82) is 0 Å². The molecule has 0 fully saturated rings. The minimum absolute atomic E-state index is 0.542. The van der Waals surface area contributed by atoms with Gasteiger partial charge in [0.25, 0.3) is 0 Å². The molecular formula is C32H26BBr3Cl3IO2. The second kappa shape index (κ2) is 19.5. The van der Waals surface area contributed by atoms with Gasteiger partial charge in [-0.3, -0.25) is 0 Å². The summed E-state index contributed by atoms with van der Waals surface area (Å²) in [4.78, 5) is 0. The molecule has 10 heteroatoms. The van der Waals surface area contributed by atoms with E-state index in [1.807, 2.05) is 79.7 Å². The largest absolute Gasteiger partial charge is 0.488 e. The SMILES string of the molecule is Cc1cccc(-c2c(Cl)cccc2Br)c1.Cc1cccc(B(O)O)c1.Clc1cccc(Br)c1.Clc1cccc(Br)c1I. The van der Waals surface area contributed by atoms with Crippen LogP contribution in [0.4, 0.5) is 0 Å². The van der Waals surface area contributed by atoms with Crippen molar-refractivity contribution >= 4 is 118 Å². The first kappa shape index (κ1) is 37.3. The molecular weight excluding hydrogens is 900 g/mol. The van der Waals surface area contributed by atoms with Crippen molar-refractivity contribution in [1.82, 2.24) is 0 Å². The van der Waals surface area contributed by atoms with E-state index in [2.05, 4.69) is 95.5 Å². The third-order valence-electron chi connectivity index (χ3n) is 5.30. The molecule has 2 nitrogen and oxygen atoms in total. The van der Waals surface area contributed by atoms with Crippen LogP contribution in [0.25, 0.3) is 11.1 Å². The quantitative estimate of drug-likeness (QED) is 0.105. The highest BCUT2D eigenvalue weighted by Gasteiger charge is 2.09. The minimum atomic E-state index is -1.35. The molecule has 2 N–H and O–H groups in total. The van der Waals surface area contributed by atoms with Crippen molar-refractivity contribution in [2.45, 2.75) is 13.8 Å². The first-order valence-electron chi connectivity index (χ1n) is 12.3. The maximum Gasteiger partial charge on any atom is 0.488 e. The molecule has 0 atom stereocenters. The van der Waals surface area contributed by atoms with Crippen LogP contribution in [0.3, 0.4) is 0 Å². The predicted octanol–water partition coefficient (Wildman–Crippen LogP) is 11.6. The third kappa shape index (κ3) is 13.4. The maximum absolute atomic E-state index is 8.70. The Labute approximate surface area is 302 Å². The monoisotopic (exact) mass is 922 g/mol. The van der Waals surface area contributed by atoms with Gasteiger partial charge in [-0.05, 0) is 106 Å². The summed E-state index contributed by atoms with van der Waals surface area (Å²) in [7, 11) is -1.35. The van der Waals surface area contributed by atoms with Gasteiger partial charge in [-0.25, -0.2) is 0 Å². The second-order valence-electron chi connectivity index (χ2n) is 8.73. The lowest BCUT2D eigenvalue weighted by Crippen LogP contribution is -2.29. The standard InChI is InChI=1S/C13H10BrCl.C7H9BO2.C6H3BrClI.C6H4BrCl/c1-9-4-2-5-10(8-9)13-11(14)6-3-7-12(13)15;1-6-3-2-4-7(5-6)8(9)10;7-4-2-1-3-5(8)6(4)9;7-5-2-1-3-6(8)4-5/h2-8H,1H3;2-5,9-10H,1H3;1-3H;1-4H. The molecule has 0 spiro atoms. The van der Waals surface area contributed by atoms with Crippen LogP contribution in [0.2, 0.25) is 15.1 Å². The smallest absolute Gasteiger partial charge is 0.423 e. The Hall–Kier alpha value is -0.875. The van der Waals surface area contributed by atoms with Crippen LogP contribution in [0.1, 0.15) is 11.1 Å². The Morgan fingerprint density at radius 3 is 1.62 bits per heavy atom. The van der Waals surface area contributed by atoms with E-state index in [9.17, 15) is 0 Å². The van der Waals surface area contributed by atoms with E-state index < -0.39 is 7.12 Å². The van der Waals surface area contributed by atoms with Crippen LogP contribution in [0, 0.1) is 17.4 Å². The number of hydrogen-bond acceptors (Lipinski definition) is 2. The Morgan fingerprint density at radius 2 is 1.17 bits per heavy atom. The molecule has 0 aliphatic rings. The highest BCUT2D eigenvalue weighted by Crippen LogP contribution is 2.34. The average molecular weight is 926 g/mol. The van der Waals surface area contributed by atoms with E-state index in [1.165, 1.54) is 5.56 Å². The molecule has 5 rings (SSSR count). The number of halogens is 7. The van der Waals surface area contributed by atoms with Gasteiger partial charge in [-0.1, -0.05) is 145 Å².